The molecule has 0 aliphatic rings. The molecule has 0 spiro atoms. The number of phenols is 1. The lowest BCUT2D eigenvalue weighted by Crippen LogP contribution is -2.53. The minimum Gasteiger partial charge on any atom is -0.508 e. The molecule has 0 saturated carbocycles. The van der Waals surface area contributed by atoms with Crippen LogP contribution in [0.3, 0.4) is 0 Å². The van der Waals surface area contributed by atoms with Gasteiger partial charge in [0, 0.05) is 6.54 Å². The number of aryl methyl sites for hydroxylation is 1. The monoisotopic (exact) mass is 574 g/mol. The van der Waals surface area contributed by atoms with E-state index in [-0.39, 0.29) is 12.3 Å². The maximum absolute atomic E-state index is 14.0. The number of anilines is 1. The van der Waals surface area contributed by atoms with Gasteiger partial charge in [0.1, 0.15) is 23.4 Å². The molecule has 0 radical (unpaired) electrons. The van der Waals surface area contributed by atoms with Gasteiger partial charge >= 0.3 is 6.09 Å². The van der Waals surface area contributed by atoms with Gasteiger partial charge < -0.3 is 31.1 Å². The molecule has 2 rings (SSSR count). The molecule has 0 bridgehead atoms. The second kappa shape index (κ2) is 14.6. The maximum atomic E-state index is 14.0. The average Bonchev–Trinajstić information content (AvgIpc) is 2.83. The van der Waals surface area contributed by atoms with Crippen molar-refractivity contribution in [3.63, 3.8) is 0 Å². The SMILES string of the molecule is CCCCCN(C(=O)C(CC(N)=O)NC(=O)OC(C)(C)C)C(C(=O)Nc1c(C)cccc1Cl)c1cccc(O)c1. The highest BCUT2D eigenvalue weighted by atomic mass is 35.5. The molecule has 11 heteroatoms. The predicted octanol–water partition coefficient (Wildman–Crippen LogP) is 4.82. The summed E-state index contributed by atoms with van der Waals surface area (Å²) >= 11 is 6.36. The number of aromatic hydroxyl groups is 1. The van der Waals surface area contributed by atoms with Crippen molar-refractivity contribution in [2.75, 3.05) is 11.9 Å². The first-order chi connectivity index (χ1) is 18.7. The number of carbonyl (C=O) groups is 4. The van der Waals surface area contributed by atoms with Gasteiger partial charge in [-0.25, -0.2) is 4.79 Å². The molecule has 0 saturated heterocycles. The van der Waals surface area contributed by atoms with Gasteiger partial charge in [-0.2, -0.15) is 0 Å². The molecule has 2 aromatic carbocycles. The first-order valence-corrected chi connectivity index (χ1v) is 13.5. The number of halogens is 1. The number of benzene rings is 2. The van der Waals surface area contributed by atoms with E-state index in [1.165, 1.54) is 17.0 Å². The van der Waals surface area contributed by atoms with Crippen LogP contribution < -0.4 is 16.4 Å². The van der Waals surface area contributed by atoms with Crippen LogP contribution in [-0.2, 0) is 19.1 Å². The highest BCUT2D eigenvalue weighted by Crippen LogP contribution is 2.31. The Labute approximate surface area is 240 Å². The molecule has 5 N–H and O–H groups in total. The number of para-hydroxylation sites is 1. The van der Waals surface area contributed by atoms with Crippen LogP contribution in [0.1, 0.15) is 70.5 Å². The van der Waals surface area contributed by atoms with Crippen molar-refractivity contribution in [1.29, 1.82) is 0 Å². The van der Waals surface area contributed by atoms with Gasteiger partial charge in [0.2, 0.25) is 11.8 Å². The lowest BCUT2D eigenvalue weighted by molar-refractivity contribution is -0.142. The zero-order valence-electron chi connectivity index (χ0n) is 23.6. The first-order valence-electron chi connectivity index (χ1n) is 13.2. The van der Waals surface area contributed by atoms with E-state index >= 15 is 0 Å². The lowest BCUT2D eigenvalue weighted by atomic mass is 10.0. The Kier molecular flexibility index (Phi) is 11.8. The summed E-state index contributed by atoms with van der Waals surface area (Å²) in [4.78, 5) is 53.8. The molecule has 0 heterocycles. The molecule has 10 nitrogen and oxygen atoms in total. The zero-order chi connectivity index (χ0) is 30.0. The number of nitrogens with one attached hydrogen (secondary N) is 2. The molecule has 0 aliphatic heterocycles. The van der Waals surface area contributed by atoms with Gasteiger partial charge in [-0.3, -0.25) is 14.4 Å². The minimum absolute atomic E-state index is 0.106. The van der Waals surface area contributed by atoms with Gasteiger partial charge in [0.05, 0.1) is 17.1 Å². The summed E-state index contributed by atoms with van der Waals surface area (Å²) in [6.07, 6.45) is 0.698. The molecule has 2 atom stereocenters. The minimum atomic E-state index is -1.40. The summed E-state index contributed by atoms with van der Waals surface area (Å²) in [5, 5.41) is 15.8. The van der Waals surface area contributed by atoms with Crippen molar-refractivity contribution in [2.24, 2.45) is 5.73 Å². The average molecular weight is 575 g/mol. The highest BCUT2D eigenvalue weighted by Gasteiger charge is 2.37. The van der Waals surface area contributed by atoms with Crippen LogP contribution in [0.2, 0.25) is 5.02 Å². The number of unbranched alkanes of at least 4 members (excludes halogenated alkanes) is 2. The smallest absolute Gasteiger partial charge is 0.408 e. The zero-order valence-corrected chi connectivity index (χ0v) is 24.4. The van der Waals surface area contributed by atoms with Crippen molar-refractivity contribution in [3.8, 4) is 5.75 Å². The normalized spacial score (nSPS) is 12.7. The molecular weight excluding hydrogens is 536 g/mol. The number of nitrogens with zero attached hydrogens (tertiary/aromatic N) is 1. The van der Waals surface area contributed by atoms with Crippen LogP contribution >= 0.6 is 11.6 Å². The number of amides is 4. The number of phenolic OH excluding ortho intramolecular Hbond substituents is 1. The molecule has 2 unspecified atom stereocenters. The number of carbonyl (C=O) groups excluding carboxylic acids is 4. The summed E-state index contributed by atoms with van der Waals surface area (Å²) in [6.45, 7) is 8.87. The van der Waals surface area contributed by atoms with Crippen LogP contribution in [-0.4, -0.2) is 52.0 Å². The van der Waals surface area contributed by atoms with Gasteiger partial charge in [-0.05, 0) is 63.4 Å². The van der Waals surface area contributed by atoms with Gasteiger partial charge in [-0.15, -0.1) is 0 Å². The largest absolute Gasteiger partial charge is 0.508 e. The van der Waals surface area contributed by atoms with Gasteiger partial charge in [-0.1, -0.05) is 55.6 Å². The van der Waals surface area contributed by atoms with Crippen LogP contribution in [0.25, 0.3) is 0 Å². The highest BCUT2D eigenvalue weighted by molar-refractivity contribution is 6.34. The Balaban J connectivity index is 2.59. The van der Waals surface area contributed by atoms with E-state index in [2.05, 4.69) is 10.6 Å². The molecule has 0 aromatic heterocycles. The van der Waals surface area contributed by atoms with Crippen molar-refractivity contribution in [2.45, 2.75) is 78.0 Å². The Bertz CT molecular complexity index is 1190. The van der Waals surface area contributed by atoms with E-state index in [1.807, 2.05) is 6.92 Å². The van der Waals surface area contributed by atoms with E-state index in [9.17, 15) is 24.3 Å². The molecular formula is C29H39ClN4O6. The number of rotatable bonds is 12. The van der Waals surface area contributed by atoms with Crippen molar-refractivity contribution in [1.82, 2.24) is 10.2 Å². The number of ether oxygens (including phenoxy) is 1. The molecule has 2 aromatic rings. The van der Waals surface area contributed by atoms with Crippen molar-refractivity contribution in [3.05, 3.63) is 58.6 Å². The molecule has 0 fully saturated rings. The first kappa shape index (κ1) is 32.4. The summed E-state index contributed by atoms with van der Waals surface area (Å²) < 4.78 is 5.29. The number of primary amides is 1. The van der Waals surface area contributed by atoms with Crippen LogP contribution in [0.5, 0.6) is 5.75 Å². The van der Waals surface area contributed by atoms with E-state index in [1.54, 1.807) is 58.0 Å². The van der Waals surface area contributed by atoms with Gasteiger partial charge in [0.25, 0.3) is 5.91 Å². The number of alkyl carbamates (subject to hydrolysis) is 1. The fourth-order valence-electron chi connectivity index (χ4n) is 4.10. The predicted molar refractivity (Wildman–Crippen MR) is 154 cm³/mol. The summed E-state index contributed by atoms with van der Waals surface area (Å²) in [5.41, 5.74) is 5.97. The second-order valence-electron chi connectivity index (χ2n) is 10.5. The van der Waals surface area contributed by atoms with E-state index in [4.69, 9.17) is 22.1 Å². The Morgan fingerprint density at radius 3 is 2.35 bits per heavy atom. The Morgan fingerprint density at radius 1 is 1.10 bits per heavy atom. The fourth-order valence-corrected chi connectivity index (χ4v) is 4.37. The number of hydrogen-bond acceptors (Lipinski definition) is 6. The molecule has 40 heavy (non-hydrogen) atoms. The number of nitrogens with two attached hydrogens (primary N) is 1. The van der Waals surface area contributed by atoms with E-state index in [0.29, 0.717) is 28.3 Å². The van der Waals surface area contributed by atoms with Crippen LogP contribution in [0.15, 0.2) is 42.5 Å². The maximum Gasteiger partial charge on any atom is 0.408 e. The molecule has 218 valence electrons. The third-order valence-electron chi connectivity index (χ3n) is 5.90. The van der Waals surface area contributed by atoms with E-state index in [0.717, 1.165) is 12.8 Å². The molecule has 0 aliphatic carbocycles. The Morgan fingerprint density at radius 2 is 1.77 bits per heavy atom. The third-order valence-corrected chi connectivity index (χ3v) is 6.21. The quantitative estimate of drug-likeness (QED) is 0.267. The summed E-state index contributed by atoms with van der Waals surface area (Å²) in [6, 6.07) is 8.50. The molecule has 4 amide bonds. The third kappa shape index (κ3) is 9.75. The number of hydrogen-bond donors (Lipinski definition) is 4. The van der Waals surface area contributed by atoms with E-state index < -0.39 is 47.9 Å². The lowest BCUT2D eigenvalue weighted by Gasteiger charge is -2.34. The standard InChI is InChI=1S/C29H39ClN4O6/c1-6-7-8-15-34(27(38)22(17-23(31)36)32-28(39)40-29(3,4)5)25(19-12-10-13-20(35)16-19)26(37)33-24-18(2)11-9-14-21(24)30/h9-14,16,22,25,35H,6-8,15,17H2,1-5H3,(H2,31,36)(H,32,39)(H,33,37). The Hall–Kier alpha value is -3.79. The summed E-state index contributed by atoms with van der Waals surface area (Å²) in [5.74, 6) is -2.24. The topological polar surface area (TPSA) is 151 Å². The van der Waals surface area contributed by atoms with Crippen LogP contribution in [0, 0.1) is 6.92 Å². The van der Waals surface area contributed by atoms with Gasteiger partial charge in [0.15, 0.2) is 0 Å². The fraction of sp³-hybridized carbons (Fsp3) is 0.448. The second-order valence-corrected chi connectivity index (χ2v) is 10.9. The van der Waals surface area contributed by atoms with Crippen LogP contribution in [0.4, 0.5) is 10.5 Å². The van der Waals surface area contributed by atoms with Crippen molar-refractivity contribution >= 4 is 41.1 Å². The summed E-state index contributed by atoms with van der Waals surface area (Å²) in [7, 11) is 0. The van der Waals surface area contributed by atoms with Crippen molar-refractivity contribution < 1.29 is 29.0 Å².